The second-order valence-corrected chi connectivity index (χ2v) is 4.38. The van der Waals surface area contributed by atoms with Gasteiger partial charge in [0, 0.05) is 0 Å². The molecule has 1 atom stereocenters. The standard InChI is InChI=1S/C14H17NO2/c1-10(2)8-11(9-15)14(16)12-6-4-5-7-13(12)17-3/h4-7,10-11H,8H2,1-3H3. The van der Waals surface area contributed by atoms with E-state index in [4.69, 9.17) is 10.00 Å². The van der Waals surface area contributed by atoms with Gasteiger partial charge >= 0.3 is 0 Å². The van der Waals surface area contributed by atoms with Gasteiger partial charge in [0.15, 0.2) is 5.78 Å². The average molecular weight is 231 g/mol. The molecule has 1 aromatic carbocycles. The molecule has 0 aliphatic heterocycles. The van der Waals surface area contributed by atoms with E-state index in [1.807, 2.05) is 13.8 Å². The lowest BCUT2D eigenvalue weighted by Gasteiger charge is -2.12. The van der Waals surface area contributed by atoms with Crippen molar-refractivity contribution >= 4 is 5.78 Å². The zero-order valence-corrected chi connectivity index (χ0v) is 10.4. The number of hydrogen-bond acceptors (Lipinski definition) is 3. The van der Waals surface area contributed by atoms with Crippen molar-refractivity contribution in [2.75, 3.05) is 7.11 Å². The van der Waals surface area contributed by atoms with Crippen LogP contribution in [0.4, 0.5) is 0 Å². The molecule has 0 heterocycles. The van der Waals surface area contributed by atoms with Crippen LogP contribution in [0, 0.1) is 23.2 Å². The summed E-state index contributed by atoms with van der Waals surface area (Å²) in [6.45, 7) is 4.00. The SMILES string of the molecule is COc1ccccc1C(=O)C(C#N)CC(C)C. The van der Waals surface area contributed by atoms with E-state index in [9.17, 15) is 4.79 Å². The molecule has 0 amide bonds. The first-order chi connectivity index (χ1) is 8.10. The molecule has 0 bridgehead atoms. The zero-order chi connectivity index (χ0) is 12.8. The van der Waals surface area contributed by atoms with Crippen LogP contribution in [0.5, 0.6) is 5.75 Å². The highest BCUT2D eigenvalue weighted by atomic mass is 16.5. The third-order valence-electron chi connectivity index (χ3n) is 2.55. The molecular formula is C14H17NO2. The molecule has 0 radical (unpaired) electrons. The van der Waals surface area contributed by atoms with E-state index >= 15 is 0 Å². The Labute approximate surface area is 102 Å². The van der Waals surface area contributed by atoms with Gasteiger partial charge in [0.25, 0.3) is 0 Å². The fraction of sp³-hybridized carbons (Fsp3) is 0.429. The zero-order valence-electron chi connectivity index (χ0n) is 10.4. The summed E-state index contributed by atoms with van der Waals surface area (Å²) in [6, 6.07) is 9.09. The minimum absolute atomic E-state index is 0.154. The first kappa shape index (κ1) is 13.2. The average Bonchev–Trinajstić information content (AvgIpc) is 2.34. The van der Waals surface area contributed by atoms with E-state index in [0.29, 0.717) is 23.7 Å². The van der Waals surface area contributed by atoms with Crippen LogP contribution in [-0.2, 0) is 0 Å². The number of carbonyl (C=O) groups is 1. The fourth-order valence-corrected chi connectivity index (χ4v) is 1.73. The number of para-hydroxylation sites is 1. The van der Waals surface area contributed by atoms with Crippen LogP contribution in [0.2, 0.25) is 0 Å². The fourth-order valence-electron chi connectivity index (χ4n) is 1.73. The molecule has 0 fully saturated rings. The molecule has 1 unspecified atom stereocenters. The minimum atomic E-state index is -0.591. The Balaban J connectivity index is 2.98. The Hall–Kier alpha value is -1.82. The summed E-state index contributed by atoms with van der Waals surface area (Å²) in [6.07, 6.45) is 0.577. The Kier molecular flexibility index (Phi) is 4.71. The number of rotatable bonds is 5. The Morgan fingerprint density at radius 2 is 2.06 bits per heavy atom. The molecule has 0 saturated carbocycles. The lowest BCUT2D eigenvalue weighted by Crippen LogP contribution is -2.16. The number of nitriles is 1. The summed E-state index contributed by atoms with van der Waals surface area (Å²) >= 11 is 0. The number of methoxy groups -OCH3 is 1. The van der Waals surface area contributed by atoms with Gasteiger partial charge in [-0.3, -0.25) is 4.79 Å². The molecule has 0 aromatic heterocycles. The van der Waals surface area contributed by atoms with Crippen molar-refractivity contribution in [2.24, 2.45) is 11.8 Å². The highest BCUT2D eigenvalue weighted by Gasteiger charge is 2.23. The number of ketones is 1. The predicted molar refractivity (Wildman–Crippen MR) is 65.9 cm³/mol. The number of carbonyl (C=O) groups excluding carboxylic acids is 1. The van der Waals surface area contributed by atoms with Crippen molar-refractivity contribution in [1.29, 1.82) is 5.26 Å². The van der Waals surface area contributed by atoms with Crippen LogP contribution in [-0.4, -0.2) is 12.9 Å². The van der Waals surface area contributed by atoms with Gasteiger partial charge in [-0.2, -0.15) is 5.26 Å². The third kappa shape index (κ3) is 3.32. The van der Waals surface area contributed by atoms with Crippen LogP contribution in [0.15, 0.2) is 24.3 Å². The monoisotopic (exact) mass is 231 g/mol. The van der Waals surface area contributed by atoms with E-state index in [2.05, 4.69) is 6.07 Å². The highest BCUT2D eigenvalue weighted by Crippen LogP contribution is 2.23. The molecule has 0 N–H and O–H groups in total. The molecule has 1 aromatic rings. The number of hydrogen-bond donors (Lipinski definition) is 0. The largest absolute Gasteiger partial charge is 0.496 e. The molecule has 0 aliphatic rings. The quantitative estimate of drug-likeness (QED) is 0.732. The minimum Gasteiger partial charge on any atom is -0.496 e. The van der Waals surface area contributed by atoms with Gasteiger partial charge in [0.2, 0.25) is 0 Å². The molecule has 0 aliphatic carbocycles. The molecule has 0 spiro atoms. The molecule has 1 rings (SSSR count). The molecule has 3 heteroatoms. The Morgan fingerprint density at radius 1 is 1.41 bits per heavy atom. The number of ether oxygens (including phenoxy) is 1. The van der Waals surface area contributed by atoms with E-state index < -0.39 is 5.92 Å². The van der Waals surface area contributed by atoms with E-state index in [1.165, 1.54) is 7.11 Å². The smallest absolute Gasteiger partial charge is 0.183 e. The summed E-state index contributed by atoms with van der Waals surface area (Å²) < 4.78 is 5.14. The summed E-state index contributed by atoms with van der Waals surface area (Å²) in [5, 5.41) is 9.06. The van der Waals surface area contributed by atoms with Crippen molar-refractivity contribution in [3.05, 3.63) is 29.8 Å². The number of nitrogens with zero attached hydrogens (tertiary/aromatic N) is 1. The van der Waals surface area contributed by atoms with Crippen LogP contribution >= 0.6 is 0 Å². The van der Waals surface area contributed by atoms with Crippen LogP contribution in [0.1, 0.15) is 30.6 Å². The molecule has 17 heavy (non-hydrogen) atoms. The lowest BCUT2D eigenvalue weighted by atomic mass is 9.90. The summed E-state index contributed by atoms with van der Waals surface area (Å²) in [5.74, 6) is 0.102. The van der Waals surface area contributed by atoms with Crippen molar-refractivity contribution in [3.8, 4) is 11.8 Å². The van der Waals surface area contributed by atoms with Crippen LogP contribution in [0.25, 0.3) is 0 Å². The van der Waals surface area contributed by atoms with Gasteiger partial charge in [-0.05, 0) is 24.5 Å². The van der Waals surface area contributed by atoms with Gasteiger partial charge in [-0.25, -0.2) is 0 Å². The third-order valence-corrected chi connectivity index (χ3v) is 2.55. The van der Waals surface area contributed by atoms with Crippen LogP contribution in [0.3, 0.4) is 0 Å². The van der Waals surface area contributed by atoms with Gasteiger partial charge in [0.05, 0.1) is 18.7 Å². The van der Waals surface area contributed by atoms with Gasteiger partial charge in [-0.1, -0.05) is 26.0 Å². The summed E-state index contributed by atoms with van der Waals surface area (Å²) in [5.41, 5.74) is 0.488. The van der Waals surface area contributed by atoms with Crippen molar-refractivity contribution in [2.45, 2.75) is 20.3 Å². The maximum atomic E-state index is 12.2. The van der Waals surface area contributed by atoms with E-state index in [0.717, 1.165) is 0 Å². The topological polar surface area (TPSA) is 50.1 Å². The first-order valence-electron chi connectivity index (χ1n) is 5.67. The summed E-state index contributed by atoms with van der Waals surface area (Å²) in [4.78, 5) is 12.2. The highest BCUT2D eigenvalue weighted by molar-refractivity contribution is 6.01. The van der Waals surface area contributed by atoms with Gasteiger partial charge < -0.3 is 4.74 Å². The van der Waals surface area contributed by atoms with Crippen molar-refractivity contribution in [3.63, 3.8) is 0 Å². The maximum Gasteiger partial charge on any atom is 0.183 e. The van der Waals surface area contributed by atoms with Crippen molar-refractivity contribution < 1.29 is 9.53 Å². The normalized spacial score (nSPS) is 11.9. The molecule has 90 valence electrons. The second-order valence-electron chi connectivity index (χ2n) is 4.38. The first-order valence-corrected chi connectivity index (χ1v) is 5.67. The van der Waals surface area contributed by atoms with Gasteiger partial charge in [0.1, 0.15) is 11.7 Å². The van der Waals surface area contributed by atoms with Crippen LogP contribution < -0.4 is 4.74 Å². The molecule has 3 nitrogen and oxygen atoms in total. The molecule has 0 saturated heterocycles. The lowest BCUT2D eigenvalue weighted by molar-refractivity contribution is 0.0934. The van der Waals surface area contributed by atoms with E-state index in [1.54, 1.807) is 24.3 Å². The molecular weight excluding hydrogens is 214 g/mol. The second kappa shape index (κ2) is 6.05. The maximum absolute atomic E-state index is 12.2. The Bertz CT molecular complexity index is 432. The van der Waals surface area contributed by atoms with E-state index in [-0.39, 0.29) is 5.78 Å². The predicted octanol–water partition coefficient (Wildman–Crippen LogP) is 3.06. The number of Topliss-reactive ketones (excluding diaryl/α,β-unsaturated/α-hetero) is 1. The van der Waals surface area contributed by atoms with Crippen molar-refractivity contribution in [1.82, 2.24) is 0 Å². The Morgan fingerprint density at radius 3 is 2.59 bits per heavy atom. The summed E-state index contributed by atoms with van der Waals surface area (Å²) in [7, 11) is 1.52. The number of benzene rings is 1. The van der Waals surface area contributed by atoms with Gasteiger partial charge in [-0.15, -0.1) is 0 Å².